The van der Waals surface area contributed by atoms with Crippen LogP contribution in [0.15, 0.2) is 36.5 Å². The van der Waals surface area contributed by atoms with Gasteiger partial charge in [0.05, 0.1) is 6.04 Å². The van der Waals surface area contributed by atoms with Crippen LogP contribution in [0, 0.1) is 5.92 Å². The third kappa shape index (κ3) is 3.75. The average molecular weight is 330 g/mol. The first kappa shape index (κ1) is 16.1. The molecule has 2 aromatic rings. The van der Waals surface area contributed by atoms with Gasteiger partial charge < -0.3 is 5.32 Å². The van der Waals surface area contributed by atoms with Crippen LogP contribution in [0.25, 0.3) is 5.65 Å². The van der Waals surface area contributed by atoms with E-state index in [1.807, 2.05) is 28.8 Å². The zero-order valence-corrected chi connectivity index (χ0v) is 14.1. The lowest BCUT2D eigenvalue weighted by atomic mass is 9.93. The smallest absolute Gasteiger partial charge is 0.224 e. The summed E-state index contributed by atoms with van der Waals surface area (Å²) >= 11 is 1.78. The summed E-state index contributed by atoms with van der Waals surface area (Å²) in [6.45, 7) is 0. The van der Waals surface area contributed by atoms with Gasteiger partial charge in [0, 0.05) is 12.1 Å². The minimum Gasteiger partial charge on any atom is -0.346 e. The maximum atomic E-state index is 12.6. The van der Waals surface area contributed by atoms with Crippen LogP contribution < -0.4 is 5.32 Å². The normalized spacial score (nSPS) is 18.9. The summed E-state index contributed by atoms with van der Waals surface area (Å²) in [6, 6.07) is 5.73. The molecule has 2 atom stereocenters. The number of rotatable bonds is 6. The number of nitrogens with one attached hydrogen (secondary N) is 1. The molecule has 2 heterocycles. The van der Waals surface area contributed by atoms with Gasteiger partial charge in [-0.15, -0.1) is 10.2 Å². The van der Waals surface area contributed by atoms with Crippen LogP contribution in [0.2, 0.25) is 0 Å². The Morgan fingerprint density at radius 3 is 3.13 bits per heavy atom. The third-order valence-electron chi connectivity index (χ3n) is 4.22. The molecule has 3 rings (SSSR count). The summed E-state index contributed by atoms with van der Waals surface area (Å²) in [5.41, 5.74) is 0.812. The highest BCUT2D eigenvalue weighted by atomic mass is 32.2. The van der Waals surface area contributed by atoms with Crippen LogP contribution in [-0.2, 0) is 4.79 Å². The number of amides is 1. The minimum absolute atomic E-state index is 0.0796. The fourth-order valence-electron chi connectivity index (χ4n) is 2.92. The van der Waals surface area contributed by atoms with Crippen molar-refractivity contribution in [3.8, 4) is 0 Å². The molecular formula is C17H22N4OS. The van der Waals surface area contributed by atoms with Crippen molar-refractivity contribution in [3.63, 3.8) is 0 Å². The van der Waals surface area contributed by atoms with E-state index in [9.17, 15) is 4.79 Å². The first-order valence-electron chi connectivity index (χ1n) is 8.03. The first-order valence-corrected chi connectivity index (χ1v) is 9.43. The lowest BCUT2D eigenvalue weighted by Crippen LogP contribution is -2.35. The Labute approximate surface area is 140 Å². The van der Waals surface area contributed by atoms with E-state index in [0.717, 1.165) is 42.9 Å². The predicted molar refractivity (Wildman–Crippen MR) is 93.4 cm³/mol. The molecule has 0 spiro atoms. The van der Waals surface area contributed by atoms with Gasteiger partial charge >= 0.3 is 0 Å². The summed E-state index contributed by atoms with van der Waals surface area (Å²) in [5.74, 6) is 2.00. The van der Waals surface area contributed by atoms with Gasteiger partial charge in [-0.1, -0.05) is 18.2 Å². The van der Waals surface area contributed by atoms with E-state index >= 15 is 0 Å². The number of thioether (sulfide) groups is 1. The van der Waals surface area contributed by atoms with E-state index in [0.29, 0.717) is 0 Å². The second-order valence-corrected chi connectivity index (χ2v) is 6.80. The Morgan fingerprint density at radius 1 is 1.43 bits per heavy atom. The highest BCUT2D eigenvalue weighted by Crippen LogP contribution is 2.22. The number of hydrogen-bond acceptors (Lipinski definition) is 4. The van der Waals surface area contributed by atoms with Crippen LogP contribution in [0.4, 0.5) is 0 Å². The monoisotopic (exact) mass is 330 g/mol. The zero-order chi connectivity index (χ0) is 16.1. The van der Waals surface area contributed by atoms with Gasteiger partial charge in [0.2, 0.25) is 5.91 Å². The lowest BCUT2D eigenvalue weighted by Gasteiger charge is -2.22. The van der Waals surface area contributed by atoms with E-state index in [1.54, 1.807) is 11.8 Å². The highest BCUT2D eigenvalue weighted by molar-refractivity contribution is 7.98. The SMILES string of the molecule is CSCCC(NC(=O)C1CC=CCC1)c1nnc2ccccn12. The molecule has 1 N–H and O–H groups in total. The predicted octanol–water partition coefficient (Wildman–Crippen LogP) is 3.00. The zero-order valence-electron chi connectivity index (χ0n) is 13.3. The van der Waals surface area contributed by atoms with Crippen molar-refractivity contribution in [2.75, 3.05) is 12.0 Å². The molecule has 0 fully saturated rings. The van der Waals surface area contributed by atoms with E-state index < -0.39 is 0 Å². The molecule has 0 radical (unpaired) electrons. The molecule has 122 valence electrons. The highest BCUT2D eigenvalue weighted by Gasteiger charge is 2.25. The summed E-state index contributed by atoms with van der Waals surface area (Å²) in [4.78, 5) is 12.6. The summed E-state index contributed by atoms with van der Waals surface area (Å²) < 4.78 is 1.96. The van der Waals surface area contributed by atoms with Gasteiger partial charge in [0.15, 0.2) is 11.5 Å². The lowest BCUT2D eigenvalue weighted by molar-refractivity contribution is -0.126. The number of pyridine rings is 1. The molecular weight excluding hydrogens is 308 g/mol. The van der Waals surface area contributed by atoms with E-state index in [1.165, 1.54) is 0 Å². The number of carbonyl (C=O) groups excluding carboxylic acids is 1. The molecule has 2 aromatic heterocycles. The Balaban J connectivity index is 1.79. The maximum absolute atomic E-state index is 12.6. The van der Waals surface area contributed by atoms with Gasteiger partial charge in [0.1, 0.15) is 0 Å². The fourth-order valence-corrected chi connectivity index (χ4v) is 3.39. The van der Waals surface area contributed by atoms with Crippen LogP contribution in [0.1, 0.15) is 37.5 Å². The molecule has 1 aliphatic carbocycles. The van der Waals surface area contributed by atoms with Gasteiger partial charge in [-0.05, 0) is 49.8 Å². The summed E-state index contributed by atoms with van der Waals surface area (Å²) in [5, 5.41) is 11.7. The molecule has 0 aliphatic heterocycles. The Hall–Kier alpha value is -1.82. The maximum Gasteiger partial charge on any atom is 0.224 e. The molecule has 5 nitrogen and oxygen atoms in total. The van der Waals surface area contributed by atoms with Crippen LogP contribution >= 0.6 is 11.8 Å². The van der Waals surface area contributed by atoms with Crippen molar-refractivity contribution >= 4 is 23.3 Å². The van der Waals surface area contributed by atoms with Gasteiger partial charge in [-0.2, -0.15) is 11.8 Å². The molecule has 0 saturated heterocycles. The topological polar surface area (TPSA) is 59.3 Å². The largest absolute Gasteiger partial charge is 0.346 e. The fraction of sp³-hybridized carbons (Fsp3) is 0.471. The first-order chi connectivity index (χ1) is 11.3. The molecule has 6 heteroatoms. The van der Waals surface area contributed by atoms with Gasteiger partial charge in [-0.25, -0.2) is 0 Å². The minimum atomic E-state index is -0.0988. The molecule has 0 aromatic carbocycles. The average Bonchev–Trinajstić information content (AvgIpc) is 3.03. The molecule has 1 amide bonds. The van der Waals surface area contributed by atoms with Gasteiger partial charge in [-0.3, -0.25) is 9.20 Å². The van der Waals surface area contributed by atoms with Crippen molar-refractivity contribution in [1.82, 2.24) is 19.9 Å². The Bertz CT molecular complexity index is 697. The van der Waals surface area contributed by atoms with Crippen molar-refractivity contribution in [3.05, 3.63) is 42.4 Å². The number of nitrogens with zero attached hydrogens (tertiary/aromatic N) is 3. The standard InChI is InChI=1S/C17H22N4OS/c1-23-12-10-14(18-17(22)13-7-3-2-4-8-13)16-20-19-15-9-5-6-11-21(15)16/h2-3,5-6,9,11,13-14H,4,7-8,10,12H2,1H3,(H,18,22). The molecule has 2 unspecified atom stereocenters. The quantitative estimate of drug-likeness (QED) is 0.827. The second kappa shape index (κ2) is 7.64. The van der Waals surface area contributed by atoms with Crippen molar-refractivity contribution in [1.29, 1.82) is 0 Å². The molecule has 0 saturated carbocycles. The number of aromatic nitrogens is 3. The Morgan fingerprint density at radius 2 is 2.35 bits per heavy atom. The third-order valence-corrected chi connectivity index (χ3v) is 4.86. The molecule has 23 heavy (non-hydrogen) atoms. The molecule has 0 bridgehead atoms. The van der Waals surface area contributed by atoms with Crippen molar-refractivity contribution in [2.45, 2.75) is 31.7 Å². The number of hydrogen-bond donors (Lipinski definition) is 1. The number of allylic oxidation sites excluding steroid dienone is 2. The summed E-state index contributed by atoms with van der Waals surface area (Å²) in [6.07, 6.45) is 11.9. The number of fused-ring (bicyclic) bond motifs is 1. The van der Waals surface area contributed by atoms with Crippen LogP contribution in [-0.4, -0.2) is 32.5 Å². The Kier molecular flexibility index (Phi) is 5.33. The van der Waals surface area contributed by atoms with E-state index in [4.69, 9.17) is 0 Å². The van der Waals surface area contributed by atoms with Crippen LogP contribution in [0.5, 0.6) is 0 Å². The second-order valence-electron chi connectivity index (χ2n) is 5.81. The van der Waals surface area contributed by atoms with E-state index in [2.05, 4.69) is 33.9 Å². The molecule has 1 aliphatic rings. The van der Waals surface area contributed by atoms with Crippen LogP contribution in [0.3, 0.4) is 0 Å². The summed E-state index contributed by atoms with van der Waals surface area (Å²) in [7, 11) is 0. The van der Waals surface area contributed by atoms with Gasteiger partial charge in [0.25, 0.3) is 0 Å². The number of carbonyl (C=O) groups is 1. The van der Waals surface area contributed by atoms with Crippen molar-refractivity contribution in [2.24, 2.45) is 5.92 Å². The van der Waals surface area contributed by atoms with Crippen molar-refractivity contribution < 1.29 is 4.79 Å². The van der Waals surface area contributed by atoms with E-state index in [-0.39, 0.29) is 17.9 Å².